The monoisotopic (exact) mass is 473 g/mol. The summed E-state index contributed by atoms with van der Waals surface area (Å²) in [6, 6.07) is 21.5. The fourth-order valence-electron chi connectivity index (χ4n) is 3.86. The molecule has 0 aliphatic rings. The van der Waals surface area contributed by atoms with E-state index in [4.69, 9.17) is 14.2 Å². The Hall–Kier alpha value is -4.46. The minimum Gasteiger partial charge on any atom is -0.497 e. The lowest BCUT2D eigenvalue weighted by Crippen LogP contribution is -2.36. The molecule has 1 heterocycles. The minimum absolute atomic E-state index is 0.0797. The third-order valence-electron chi connectivity index (χ3n) is 5.68. The van der Waals surface area contributed by atoms with Crippen molar-refractivity contribution in [2.24, 2.45) is 0 Å². The van der Waals surface area contributed by atoms with E-state index < -0.39 is 0 Å². The lowest BCUT2D eigenvalue weighted by molar-refractivity contribution is 0.205. The van der Waals surface area contributed by atoms with Crippen LogP contribution in [0.3, 0.4) is 0 Å². The number of anilines is 1. The van der Waals surface area contributed by atoms with Crippen molar-refractivity contribution >= 4 is 22.6 Å². The highest BCUT2D eigenvalue weighted by Crippen LogP contribution is 2.26. The average molecular weight is 474 g/mol. The van der Waals surface area contributed by atoms with Crippen molar-refractivity contribution in [3.05, 3.63) is 94.3 Å². The van der Waals surface area contributed by atoms with Gasteiger partial charge in [-0.1, -0.05) is 30.3 Å². The zero-order chi connectivity index (χ0) is 24.8. The molecular formula is C27H27N3O5. The highest BCUT2D eigenvalue weighted by Gasteiger charge is 2.20. The van der Waals surface area contributed by atoms with Gasteiger partial charge in [-0.25, -0.2) is 4.79 Å². The quantitative estimate of drug-likeness (QED) is 0.384. The summed E-state index contributed by atoms with van der Waals surface area (Å²) in [5.74, 6) is 1.84. The van der Waals surface area contributed by atoms with Crippen molar-refractivity contribution in [3.8, 4) is 17.2 Å². The molecule has 35 heavy (non-hydrogen) atoms. The summed E-state index contributed by atoms with van der Waals surface area (Å²) in [6.07, 6.45) is 0. The number of fused-ring (bicyclic) bond motifs is 1. The van der Waals surface area contributed by atoms with E-state index >= 15 is 0 Å². The second kappa shape index (κ2) is 10.6. The molecule has 0 aliphatic heterocycles. The number of H-pyrrole nitrogens is 1. The van der Waals surface area contributed by atoms with Crippen LogP contribution in [0.5, 0.6) is 17.2 Å². The Balaban J connectivity index is 1.69. The van der Waals surface area contributed by atoms with E-state index in [1.54, 1.807) is 50.5 Å². The van der Waals surface area contributed by atoms with E-state index in [0.717, 1.165) is 10.9 Å². The predicted octanol–water partition coefficient (Wildman–Crippen LogP) is 4.79. The van der Waals surface area contributed by atoms with Gasteiger partial charge in [-0.05, 0) is 41.8 Å². The van der Waals surface area contributed by atoms with Gasteiger partial charge in [0, 0.05) is 17.2 Å². The average Bonchev–Trinajstić information content (AvgIpc) is 2.88. The van der Waals surface area contributed by atoms with Crippen LogP contribution in [0.1, 0.15) is 11.1 Å². The number of ether oxygens (including phenoxy) is 3. The van der Waals surface area contributed by atoms with Gasteiger partial charge in [0.2, 0.25) is 0 Å². The molecule has 0 saturated carbocycles. The van der Waals surface area contributed by atoms with Crippen LogP contribution in [0.15, 0.2) is 77.6 Å². The zero-order valence-corrected chi connectivity index (χ0v) is 19.8. The Kier molecular flexibility index (Phi) is 7.21. The predicted molar refractivity (Wildman–Crippen MR) is 135 cm³/mol. The topological polar surface area (TPSA) is 92.9 Å². The summed E-state index contributed by atoms with van der Waals surface area (Å²) in [6.45, 7) is 0.307. The van der Waals surface area contributed by atoms with Crippen molar-refractivity contribution in [1.82, 2.24) is 9.88 Å². The Labute approximate surface area is 203 Å². The highest BCUT2D eigenvalue weighted by molar-refractivity contribution is 5.91. The number of methoxy groups -OCH3 is 3. The number of hydrogen-bond acceptors (Lipinski definition) is 5. The number of nitrogens with one attached hydrogen (secondary N) is 2. The van der Waals surface area contributed by atoms with Crippen LogP contribution >= 0.6 is 0 Å². The number of carbonyl (C=O) groups is 1. The van der Waals surface area contributed by atoms with E-state index in [0.29, 0.717) is 34.0 Å². The number of rotatable bonds is 8. The second-order valence-corrected chi connectivity index (χ2v) is 7.88. The van der Waals surface area contributed by atoms with Crippen LogP contribution in [0, 0.1) is 0 Å². The lowest BCUT2D eigenvalue weighted by Gasteiger charge is -2.24. The molecule has 0 spiro atoms. The van der Waals surface area contributed by atoms with Crippen LogP contribution in [0.4, 0.5) is 10.5 Å². The minimum atomic E-state index is -0.380. The van der Waals surface area contributed by atoms with Gasteiger partial charge in [-0.15, -0.1) is 0 Å². The van der Waals surface area contributed by atoms with Crippen molar-refractivity contribution < 1.29 is 19.0 Å². The first-order chi connectivity index (χ1) is 17.0. The fraction of sp³-hybridized carbons (Fsp3) is 0.185. The number of para-hydroxylation sites is 3. The van der Waals surface area contributed by atoms with Gasteiger partial charge in [0.15, 0.2) is 0 Å². The van der Waals surface area contributed by atoms with Crippen molar-refractivity contribution in [3.63, 3.8) is 0 Å². The third-order valence-corrected chi connectivity index (χ3v) is 5.68. The lowest BCUT2D eigenvalue weighted by atomic mass is 10.1. The van der Waals surface area contributed by atoms with E-state index in [1.165, 1.54) is 0 Å². The van der Waals surface area contributed by atoms with E-state index in [9.17, 15) is 9.59 Å². The number of aromatic nitrogens is 1. The Morgan fingerprint density at radius 3 is 2.26 bits per heavy atom. The maximum Gasteiger partial charge on any atom is 0.322 e. The summed E-state index contributed by atoms with van der Waals surface area (Å²) in [7, 11) is 4.70. The Bertz CT molecular complexity index is 1400. The van der Waals surface area contributed by atoms with Gasteiger partial charge >= 0.3 is 6.03 Å². The number of nitrogens with zero attached hydrogens (tertiary/aromatic N) is 1. The molecule has 0 aliphatic carbocycles. The molecule has 2 N–H and O–H groups in total. The SMILES string of the molecule is COc1ccc2cc(CN(Cc3ccccc3OC)C(=O)Nc3ccccc3OC)c(=O)[nH]c2c1. The molecule has 1 aromatic heterocycles. The molecule has 0 radical (unpaired) electrons. The molecule has 0 fully saturated rings. The molecule has 0 saturated heterocycles. The smallest absolute Gasteiger partial charge is 0.322 e. The van der Waals surface area contributed by atoms with Crippen LogP contribution in [-0.4, -0.2) is 37.2 Å². The Morgan fingerprint density at radius 1 is 0.829 bits per heavy atom. The summed E-state index contributed by atoms with van der Waals surface area (Å²) in [5, 5.41) is 3.74. The number of pyridine rings is 1. The molecule has 180 valence electrons. The number of aromatic amines is 1. The molecular weight excluding hydrogens is 446 g/mol. The largest absolute Gasteiger partial charge is 0.497 e. The van der Waals surface area contributed by atoms with Gasteiger partial charge in [0.05, 0.1) is 45.6 Å². The number of amides is 2. The van der Waals surface area contributed by atoms with Crippen molar-refractivity contribution in [2.45, 2.75) is 13.1 Å². The van der Waals surface area contributed by atoms with Gasteiger partial charge in [0.25, 0.3) is 5.56 Å². The number of carbonyl (C=O) groups excluding carboxylic acids is 1. The van der Waals surface area contributed by atoms with Gasteiger partial charge < -0.3 is 29.4 Å². The summed E-state index contributed by atoms with van der Waals surface area (Å²) in [4.78, 5) is 30.8. The molecule has 8 heteroatoms. The first-order valence-corrected chi connectivity index (χ1v) is 11.0. The van der Waals surface area contributed by atoms with Crippen LogP contribution < -0.4 is 25.1 Å². The normalized spacial score (nSPS) is 10.6. The molecule has 0 bridgehead atoms. The maximum absolute atomic E-state index is 13.4. The molecule has 3 aromatic carbocycles. The maximum atomic E-state index is 13.4. The summed E-state index contributed by atoms with van der Waals surface area (Å²) >= 11 is 0. The van der Waals surface area contributed by atoms with Gasteiger partial charge in [0.1, 0.15) is 17.2 Å². The second-order valence-electron chi connectivity index (χ2n) is 7.88. The molecule has 4 rings (SSSR count). The van der Waals surface area contributed by atoms with E-state index in [-0.39, 0.29) is 24.7 Å². The zero-order valence-electron chi connectivity index (χ0n) is 19.8. The Morgan fingerprint density at radius 2 is 1.51 bits per heavy atom. The number of hydrogen-bond donors (Lipinski definition) is 2. The molecule has 8 nitrogen and oxygen atoms in total. The standard InChI is InChI=1S/C27H27N3O5/c1-33-21-13-12-18-14-20(26(31)28-23(18)15-21)17-30(16-19-8-4-6-10-24(19)34-2)27(32)29-22-9-5-7-11-25(22)35-3/h4-15H,16-17H2,1-3H3,(H,28,31)(H,29,32). The van der Waals surface area contributed by atoms with Crippen molar-refractivity contribution in [1.29, 1.82) is 0 Å². The number of urea groups is 1. The molecule has 4 aromatic rings. The van der Waals surface area contributed by atoms with Crippen molar-refractivity contribution in [2.75, 3.05) is 26.6 Å². The molecule has 0 unspecified atom stereocenters. The summed E-state index contributed by atoms with van der Waals surface area (Å²) < 4.78 is 16.1. The van der Waals surface area contributed by atoms with E-state index in [2.05, 4.69) is 10.3 Å². The molecule has 0 atom stereocenters. The summed E-state index contributed by atoms with van der Waals surface area (Å²) in [5.41, 5.74) is 2.18. The number of benzene rings is 3. The highest BCUT2D eigenvalue weighted by atomic mass is 16.5. The van der Waals surface area contributed by atoms with Crippen LogP contribution in [-0.2, 0) is 13.1 Å². The van der Waals surface area contributed by atoms with Crippen LogP contribution in [0.25, 0.3) is 10.9 Å². The van der Waals surface area contributed by atoms with E-state index in [1.807, 2.05) is 48.5 Å². The first-order valence-electron chi connectivity index (χ1n) is 11.0. The van der Waals surface area contributed by atoms with Gasteiger partial charge in [-0.3, -0.25) is 4.79 Å². The van der Waals surface area contributed by atoms with Crippen LogP contribution in [0.2, 0.25) is 0 Å². The first kappa shape index (κ1) is 23.7. The molecule has 2 amide bonds. The third kappa shape index (κ3) is 5.38. The van der Waals surface area contributed by atoms with Gasteiger partial charge in [-0.2, -0.15) is 0 Å². The fourth-order valence-corrected chi connectivity index (χ4v) is 3.86.